The molecule has 0 amide bonds. The highest BCUT2D eigenvalue weighted by Crippen LogP contribution is 2.20. The number of benzene rings is 1. The molecule has 98 valence electrons. The van der Waals surface area contributed by atoms with Crippen LogP contribution in [0.15, 0.2) is 30.5 Å². The Morgan fingerprint density at radius 1 is 1.22 bits per heavy atom. The van der Waals surface area contributed by atoms with Gasteiger partial charge in [-0.2, -0.15) is 0 Å². The lowest BCUT2D eigenvalue weighted by atomic mass is 10.0. The van der Waals surface area contributed by atoms with E-state index in [1.165, 1.54) is 16.5 Å². The van der Waals surface area contributed by atoms with Crippen LogP contribution in [0.3, 0.4) is 0 Å². The molecule has 2 aromatic rings. The molecule has 0 saturated carbocycles. The molecular weight excluding hydrogens is 222 g/mol. The number of hydrogen-bond acceptors (Lipinski definition) is 2. The van der Waals surface area contributed by atoms with E-state index in [1.807, 2.05) is 7.05 Å². The van der Waals surface area contributed by atoms with E-state index in [-0.39, 0.29) is 5.54 Å². The summed E-state index contributed by atoms with van der Waals surface area (Å²) in [5, 5.41) is 8.17. The first kappa shape index (κ1) is 13.1. The highest BCUT2D eigenvalue weighted by molar-refractivity contribution is 5.83. The first-order chi connectivity index (χ1) is 8.53. The standard InChI is InChI=1S/C15H23N3/c1-15(2,11-16-3)17-9-12-10-18(4)14-8-6-5-7-13(12)14/h5-8,10,16-17H,9,11H2,1-4H3. The van der Waals surface area contributed by atoms with Crippen LogP contribution in [0.1, 0.15) is 19.4 Å². The molecule has 0 aliphatic heterocycles. The number of aryl methyl sites for hydroxylation is 1. The topological polar surface area (TPSA) is 29.0 Å². The Hall–Kier alpha value is -1.32. The average molecular weight is 245 g/mol. The van der Waals surface area contributed by atoms with Crippen LogP contribution in [-0.4, -0.2) is 23.7 Å². The second-order valence-corrected chi connectivity index (χ2v) is 5.55. The summed E-state index contributed by atoms with van der Waals surface area (Å²) < 4.78 is 2.19. The van der Waals surface area contributed by atoms with Crippen molar-refractivity contribution < 1.29 is 0 Å². The molecule has 1 aromatic heterocycles. The Balaban J connectivity index is 2.17. The lowest BCUT2D eigenvalue weighted by molar-refractivity contribution is 0.374. The number of likely N-dealkylation sites (N-methyl/N-ethyl adjacent to an activating group) is 1. The molecule has 2 N–H and O–H groups in total. The van der Waals surface area contributed by atoms with Gasteiger partial charge in [0.25, 0.3) is 0 Å². The molecule has 0 fully saturated rings. The first-order valence-electron chi connectivity index (χ1n) is 6.46. The highest BCUT2D eigenvalue weighted by Gasteiger charge is 2.16. The molecule has 0 atom stereocenters. The molecule has 0 aliphatic carbocycles. The molecule has 0 aliphatic rings. The van der Waals surface area contributed by atoms with Crippen LogP contribution >= 0.6 is 0 Å². The minimum atomic E-state index is 0.103. The summed E-state index contributed by atoms with van der Waals surface area (Å²) in [6.45, 7) is 6.29. The van der Waals surface area contributed by atoms with Crippen LogP contribution in [0, 0.1) is 0 Å². The van der Waals surface area contributed by atoms with E-state index in [9.17, 15) is 0 Å². The van der Waals surface area contributed by atoms with E-state index in [2.05, 4.69) is 66.6 Å². The molecular formula is C15H23N3. The van der Waals surface area contributed by atoms with Gasteiger partial charge in [0.05, 0.1) is 0 Å². The zero-order valence-corrected chi connectivity index (χ0v) is 11.7. The van der Waals surface area contributed by atoms with Crippen molar-refractivity contribution in [2.24, 2.45) is 7.05 Å². The van der Waals surface area contributed by atoms with Crippen molar-refractivity contribution in [3.05, 3.63) is 36.0 Å². The Morgan fingerprint density at radius 3 is 2.67 bits per heavy atom. The zero-order chi connectivity index (χ0) is 13.2. The summed E-state index contributed by atoms with van der Waals surface area (Å²) in [5.41, 5.74) is 2.75. The van der Waals surface area contributed by atoms with Gasteiger partial charge >= 0.3 is 0 Å². The minimum Gasteiger partial charge on any atom is -0.350 e. The Bertz CT molecular complexity index is 526. The highest BCUT2D eigenvalue weighted by atomic mass is 15.0. The normalized spacial score (nSPS) is 12.2. The van der Waals surface area contributed by atoms with Gasteiger partial charge in [0, 0.05) is 42.8 Å². The maximum absolute atomic E-state index is 3.61. The van der Waals surface area contributed by atoms with Crippen molar-refractivity contribution in [2.45, 2.75) is 25.9 Å². The van der Waals surface area contributed by atoms with Crippen molar-refractivity contribution in [2.75, 3.05) is 13.6 Å². The number of hydrogen-bond donors (Lipinski definition) is 2. The number of aromatic nitrogens is 1. The van der Waals surface area contributed by atoms with Crippen LogP contribution < -0.4 is 10.6 Å². The maximum atomic E-state index is 3.61. The number of nitrogens with one attached hydrogen (secondary N) is 2. The molecule has 1 aromatic carbocycles. The van der Waals surface area contributed by atoms with E-state index >= 15 is 0 Å². The Labute approximate surface area is 109 Å². The smallest absolute Gasteiger partial charge is 0.0481 e. The molecule has 3 nitrogen and oxygen atoms in total. The van der Waals surface area contributed by atoms with Gasteiger partial charge < -0.3 is 15.2 Å². The molecule has 0 spiro atoms. The van der Waals surface area contributed by atoms with E-state index in [4.69, 9.17) is 0 Å². The summed E-state index contributed by atoms with van der Waals surface area (Å²) in [5.74, 6) is 0. The van der Waals surface area contributed by atoms with Crippen molar-refractivity contribution in [1.82, 2.24) is 15.2 Å². The summed E-state index contributed by atoms with van der Waals surface area (Å²) in [6.07, 6.45) is 2.22. The van der Waals surface area contributed by atoms with Gasteiger partial charge in [0.15, 0.2) is 0 Å². The van der Waals surface area contributed by atoms with Gasteiger partial charge in [0.1, 0.15) is 0 Å². The lowest BCUT2D eigenvalue weighted by Gasteiger charge is -2.26. The van der Waals surface area contributed by atoms with Crippen molar-refractivity contribution in [3.63, 3.8) is 0 Å². The largest absolute Gasteiger partial charge is 0.350 e. The van der Waals surface area contributed by atoms with Crippen LogP contribution in [0.2, 0.25) is 0 Å². The fraction of sp³-hybridized carbons (Fsp3) is 0.467. The summed E-state index contributed by atoms with van der Waals surface area (Å²) in [7, 11) is 4.09. The van der Waals surface area contributed by atoms with Crippen LogP contribution in [-0.2, 0) is 13.6 Å². The third kappa shape index (κ3) is 2.74. The number of para-hydroxylation sites is 1. The zero-order valence-electron chi connectivity index (χ0n) is 11.7. The minimum absolute atomic E-state index is 0.103. The van der Waals surface area contributed by atoms with Crippen molar-refractivity contribution in [3.8, 4) is 0 Å². The third-order valence-corrected chi connectivity index (χ3v) is 3.36. The lowest BCUT2D eigenvalue weighted by Crippen LogP contribution is -2.46. The Kier molecular flexibility index (Phi) is 3.73. The predicted octanol–water partition coefficient (Wildman–Crippen LogP) is 2.27. The van der Waals surface area contributed by atoms with Gasteiger partial charge in [-0.05, 0) is 32.5 Å². The van der Waals surface area contributed by atoms with Crippen molar-refractivity contribution >= 4 is 10.9 Å². The van der Waals surface area contributed by atoms with Crippen LogP contribution in [0.4, 0.5) is 0 Å². The Morgan fingerprint density at radius 2 is 1.94 bits per heavy atom. The predicted molar refractivity (Wildman–Crippen MR) is 77.8 cm³/mol. The average Bonchev–Trinajstić information content (AvgIpc) is 2.65. The summed E-state index contributed by atoms with van der Waals surface area (Å²) in [4.78, 5) is 0. The number of fused-ring (bicyclic) bond motifs is 1. The van der Waals surface area contributed by atoms with E-state index in [0.717, 1.165) is 13.1 Å². The molecule has 3 heteroatoms. The number of nitrogens with zero attached hydrogens (tertiary/aromatic N) is 1. The molecule has 1 heterocycles. The van der Waals surface area contributed by atoms with Gasteiger partial charge in [-0.1, -0.05) is 18.2 Å². The van der Waals surface area contributed by atoms with Gasteiger partial charge in [-0.15, -0.1) is 0 Å². The van der Waals surface area contributed by atoms with E-state index in [1.54, 1.807) is 0 Å². The molecule has 0 saturated heterocycles. The molecule has 0 unspecified atom stereocenters. The SMILES string of the molecule is CNCC(C)(C)NCc1cn(C)c2ccccc12. The van der Waals surface area contributed by atoms with Crippen LogP contribution in [0.25, 0.3) is 10.9 Å². The molecule has 0 bridgehead atoms. The fourth-order valence-electron chi connectivity index (χ4n) is 2.41. The van der Waals surface area contributed by atoms with E-state index in [0.29, 0.717) is 0 Å². The third-order valence-electron chi connectivity index (χ3n) is 3.36. The van der Waals surface area contributed by atoms with E-state index < -0.39 is 0 Å². The first-order valence-corrected chi connectivity index (χ1v) is 6.46. The second kappa shape index (κ2) is 5.12. The monoisotopic (exact) mass is 245 g/mol. The maximum Gasteiger partial charge on any atom is 0.0481 e. The van der Waals surface area contributed by atoms with Crippen LogP contribution in [0.5, 0.6) is 0 Å². The summed E-state index contributed by atoms with van der Waals surface area (Å²) in [6, 6.07) is 8.55. The van der Waals surface area contributed by atoms with Gasteiger partial charge in [-0.3, -0.25) is 0 Å². The molecule has 0 radical (unpaired) electrons. The molecule has 18 heavy (non-hydrogen) atoms. The summed E-state index contributed by atoms with van der Waals surface area (Å²) >= 11 is 0. The van der Waals surface area contributed by atoms with Gasteiger partial charge in [-0.25, -0.2) is 0 Å². The fourth-order valence-corrected chi connectivity index (χ4v) is 2.41. The quantitative estimate of drug-likeness (QED) is 0.846. The molecule has 2 rings (SSSR count). The number of rotatable bonds is 5. The second-order valence-electron chi connectivity index (χ2n) is 5.55. The van der Waals surface area contributed by atoms with Crippen molar-refractivity contribution in [1.29, 1.82) is 0 Å². The van der Waals surface area contributed by atoms with Gasteiger partial charge in [0.2, 0.25) is 0 Å².